The summed E-state index contributed by atoms with van der Waals surface area (Å²) in [7, 11) is 0. The lowest BCUT2D eigenvalue weighted by molar-refractivity contribution is -0.138. The summed E-state index contributed by atoms with van der Waals surface area (Å²) in [6, 6.07) is 7.23. The lowest BCUT2D eigenvalue weighted by atomic mass is 10.0. The van der Waals surface area contributed by atoms with Gasteiger partial charge in [0.05, 0.1) is 0 Å². The minimum absolute atomic E-state index is 0.0164. The van der Waals surface area contributed by atoms with E-state index in [4.69, 9.17) is 5.11 Å². The quantitative estimate of drug-likeness (QED) is 0.719. The van der Waals surface area contributed by atoms with Gasteiger partial charge in [-0.2, -0.15) is 0 Å². The molecule has 0 aromatic heterocycles. The summed E-state index contributed by atoms with van der Waals surface area (Å²) < 4.78 is 0. The van der Waals surface area contributed by atoms with Crippen molar-refractivity contribution in [1.29, 1.82) is 0 Å². The molecule has 21 heavy (non-hydrogen) atoms. The second-order valence-electron chi connectivity index (χ2n) is 5.30. The lowest BCUT2D eigenvalue weighted by Crippen LogP contribution is -2.29. The number of carboxylic acid groups (broad SMARTS) is 1. The molecule has 0 heterocycles. The van der Waals surface area contributed by atoms with Crippen molar-refractivity contribution in [1.82, 2.24) is 5.32 Å². The van der Waals surface area contributed by atoms with E-state index in [-0.39, 0.29) is 36.9 Å². The van der Waals surface area contributed by atoms with Crippen LogP contribution >= 0.6 is 0 Å². The average Bonchev–Trinajstić information content (AvgIpc) is 2.42. The fraction of sp³-hybridized carbons (Fsp3) is 0.438. The van der Waals surface area contributed by atoms with Crippen molar-refractivity contribution in [3.8, 4) is 0 Å². The normalized spacial score (nSPS) is 11.7. The number of nitrogens with one attached hydrogen (secondary N) is 1. The highest BCUT2D eigenvalue weighted by Crippen LogP contribution is 2.08. The van der Waals surface area contributed by atoms with Crippen molar-refractivity contribution < 1.29 is 19.5 Å². The largest absolute Gasteiger partial charge is 0.481 e. The van der Waals surface area contributed by atoms with E-state index in [1.807, 2.05) is 19.1 Å². The van der Waals surface area contributed by atoms with Gasteiger partial charge in [0.25, 0.3) is 0 Å². The van der Waals surface area contributed by atoms with Gasteiger partial charge in [-0.3, -0.25) is 14.4 Å². The van der Waals surface area contributed by atoms with E-state index in [0.29, 0.717) is 12.1 Å². The van der Waals surface area contributed by atoms with Crippen LogP contribution in [0.5, 0.6) is 0 Å². The Kier molecular flexibility index (Phi) is 6.59. The van der Waals surface area contributed by atoms with Crippen molar-refractivity contribution in [3.05, 3.63) is 35.4 Å². The van der Waals surface area contributed by atoms with Gasteiger partial charge in [0.1, 0.15) is 0 Å². The van der Waals surface area contributed by atoms with Crippen molar-refractivity contribution >= 4 is 17.7 Å². The second kappa shape index (κ2) is 8.19. The molecule has 1 unspecified atom stereocenters. The molecule has 5 heteroatoms. The zero-order valence-corrected chi connectivity index (χ0v) is 12.4. The number of amides is 1. The summed E-state index contributed by atoms with van der Waals surface area (Å²) in [6.45, 7) is 4.01. The Bertz CT molecular complexity index is 508. The summed E-state index contributed by atoms with van der Waals surface area (Å²) in [5.74, 6) is -1.30. The number of carboxylic acids is 1. The standard InChI is InChI=1S/C16H21NO4/c1-11-3-5-13(6-4-11)14(18)7-8-15(19)17-10-12(2)9-16(20)21/h3-6,12H,7-10H2,1-2H3,(H,17,19)(H,20,21). The molecule has 0 aliphatic heterocycles. The first-order valence-corrected chi connectivity index (χ1v) is 6.97. The maximum Gasteiger partial charge on any atom is 0.303 e. The molecule has 0 aliphatic rings. The first-order chi connectivity index (χ1) is 9.88. The number of hydrogen-bond donors (Lipinski definition) is 2. The van der Waals surface area contributed by atoms with Crippen molar-refractivity contribution in [2.45, 2.75) is 33.1 Å². The number of carbonyl (C=O) groups excluding carboxylic acids is 2. The molecule has 0 radical (unpaired) electrons. The van der Waals surface area contributed by atoms with Crippen LogP contribution in [0.15, 0.2) is 24.3 Å². The number of Topliss-reactive ketones (excluding diaryl/α,β-unsaturated/α-hetero) is 1. The van der Waals surface area contributed by atoms with Crippen LogP contribution in [-0.4, -0.2) is 29.3 Å². The summed E-state index contributed by atoms with van der Waals surface area (Å²) in [5, 5.41) is 11.3. The van der Waals surface area contributed by atoms with Crippen LogP contribution in [-0.2, 0) is 9.59 Å². The number of ketones is 1. The van der Waals surface area contributed by atoms with Gasteiger partial charge in [-0.25, -0.2) is 0 Å². The van der Waals surface area contributed by atoms with Crippen LogP contribution < -0.4 is 5.32 Å². The van der Waals surface area contributed by atoms with Crippen LogP contribution in [0.3, 0.4) is 0 Å². The van der Waals surface area contributed by atoms with Crippen molar-refractivity contribution in [3.63, 3.8) is 0 Å². The molecule has 1 amide bonds. The molecule has 114 valence electrons. The van der Waals surface area contributed by atoms with E-state index in [1.165, 1.54) is 0 Å². The van der Waals surface area contributed by atoms with Gasteiger partial charge in [-0.1, -0.05) is 36.8 Å². The van der Waals surface area contributed by atoms with Gasteiger partial charge in [0.2, 0.25) is 5.91 Å². The summed E-state index contributed by atoms with van der Waals surface area (Å²) in [6.07, 6.45) is 0.289. The molecule has 0 bridgehead atoms. The Balaban J connectivity index is 2.31. The maximum absolute atomic E-state index is 11.9. The fourth-order valence-electron chi connectivity index (χ4n) is 1.86. The third-order valence-electron chi connectivity index (χ3n) is 3.12. The molecule has 0 saturated carbocycles. The number of carbonyl (C=O) groups is 3. The van der Waals surface area contributed by atoms with Crippen molar-refractivity contribution in [2.75, 3.05) is 6.54 Å². The molecule has 1 aromatic carbocycles. The van der Waals surface area contributed by atoms with Gasteiger partial charge < -0.3 is 10.4 Å². The molecule has 1 atom stereocenters. The number of benzene rings is 1. The van der Waals surface area contributed by atoms with E-state index in [2.05, 4.69) is 5.32 Å². The minimum Gasteiger partial charge on any atom is -0.481 e. The van der Waals surface area contributed by atoms with Gasteiger partial charge in [-0.05, 0) is 12.8 Å². The van der Waals surface area contributed by atoms with E-state index >= 15 is 0 Å². The topological polar surface area (TPSA) is 83.5 Å². The van der Waals surface area contributed by atoms with Gasteiger partial charge in [-0.15, -0.1) is 0 Å². The summed E-state index contributed by atoms with van der Waals surface area (Å²) >= 11 is 0. The van der Waals surface area contributed by atoms with Crippen LogP contribution in [0, 0.1) is 12.8 Å². The fourth-order valence-corrected chi connectivity index (χ4v) is 1.86. The highest BCUT2D eigenvalue weighted by Gasteiger charge is 2.11. The number of hydrogen-bond acceptors (Lipinski definition) is 3. The van der Waals surface area contributed by atoms with Gasteiger partial charge in [0, 0.05) is 31.4 Å². The molecule has 1 aromatic rings. The molecule has 1 rings (SSSR count). The van der Waals surface area contributed by atoms with E-state index < -0.39 is 5.97 Å². The molecule has 0 spiro atoms. The molecular weight excluding hydrogens is 270 g/mol. The molecule has 0 fully saturated rings. The van der Waals surface area contributed by atoms with E-state index in [1.54, 1.807) is 19.1 Å². The maximum atomic E-state index is 11.9. The number of aliphatic carboxylic acids is 1. The smallest absolute Gasteiger partial charge is 0.303 e. The van der Waals surface area contributed by atoms with E-state index in [0.717, 1.165) is 5.56 Å². The highest BCUT2D eigenvalue weighted by atomic mass is 16.4. The molecule has 5 nitrogen and oxygen atoms in total. The molecule has 0 saturated heterocycles. The molecule has 0 aliphatic carbocycles. The highest BCUT2D eigenvalue weighted by molar-refractivity contribution is 5.97. The third kappa shape index (κ3) is 6.70. The predicted molar refractivity (Wildman–Crippen MR) is 79.2 cm³/mol. The zero-order valence-electron chi connectivity index (χ0n) is 12.4. The Labute approximate surface area is 124 Å². The van der Waals surface area contributed by atoms with Crippen LogP contribution in [0.2, 0.25) is 0 Å². The number of rotatable bonds is 8. The van der Waals surface area contributed by atoms with Crippen LogP contribution in [0.1, 0.15) is 42.1 Å². The zero-order chi connectivity index (χ0) is 15.8. The lowest BCUT2D eigenvalue weighted by Gasteiger charge is -2.10. The first-order valence-electron chi connectivity index (χ1n) is 6.97. The number of aryl methyl sites for hydroxylation is 1. The van der Waals surface area contributed by atoms with E-state index in [9.17, 15) is 14.4 Å². The first kappa shape index (κ1) is 16.9. The Morgan fingerprint density at radius 3 is 2.33 bits per heavy atom. The van der Waals surface area contributed by atoms with Crippen LogP contribution in [0.4, 0.5) is 0 Å². The average molecular weight is 291 g/mol. The summed E-state index contributed by atoms with van der Waals surface area (Å²) in [4.78, 5) is 34.0. The Morgan fingerprint density at radius 1 is 1.14 bits per heavy atom. The molecular formula is C16H21NO4. The van der Waals surface area contributed by atoms with Gasteiger partial charge in [0.15, 0.2) is 5.78 Å². The molecule has 2 N–H and O–H groups in total. The predicted octanol–water partition coefficient (Wildman–Crippen LogP) is 2.18. The van der Waals surface area contributed by atoms with Crippen LogP contribution in [0.25, 0.3) is 0 Å². The summed E-state index contributed by atoms with van der Waals surface area (Å²) in [5.41, 5.74) is 1.68. The third-order valence-corrected chi connectivity index (χ3v) is 3.12. The Hall–Kier alpha value is -2.17. The Morgan fingerprint density at radius 2 is 1.76 bits per heavy atom. The second-order valence-corrected chi connectivity index (χ2v) is 5.30. The minimum atomic E-state index is -0.883. The monoisotopic (exact) mass is 291 g/mol. The van der Waals surface area contributed by atoms with Crippen molar-refractivity contribution in [2.24, 2.45) is 5.92 Å². The van der Waals surface area contributed by atoms with Gasteiger partial charge >= 0.3 is 5.97 Å². The SMILES string of the molecule is Cc1ccc(C(=O)CCC(=O)NCC(C)CC(=O)O)cc1.